The fourth-order valence-corrected chi connectivity index (χ4v) is 5.40. The van der Waals surface area contributed by atoms with E-state index >= 15 is 0 Å². The van der Waals surface area contributed by atoms with Crippen molar-refractivity contribution in [3.8, 4) is 0 Å². The minimum absolute atomic E-state index is 0.713. The summed E-state index contributed by atoms with van der Waals surface area (Å²) in [6, 6.07) is 3.14. The van der Waals surface area contributed by atoms with Crippen molar-refractivity contribution in [1.29, 1.82) is 0 Å². The Morgan fingerprint density at radius 3 is 1.96 bits per heavy atom. The van der Waals surface area contributed by atoms with E-state index in [1.165, 1.54) is 90.8 Å². The lowest BCUT2D eigenvalue weighted by Crippen LogP contribution is -2.48. The highest BCUT2D eigenvalue weighted by molar-refractivity contribution is 4.85. The Kier molecular flexibility index (Phi) is 7.80. The number of likely N-dealkylation sites (tertiary alicyclic amines) is 3. The van der Waals surface area contributed by atoms with Crippen LogP contribution in [-0.4, -0.2) is 96.6 Å². The molecule has 3 aliphatic heterocycles. The Bertz CT molecular complexity index is 391. The van der Waals surface area contributed by atoms with Crippen LogP contribution in [0.2, 0.25) is 0 Å². The van der Waals surface area contributed by atoms with E-state index in [2.05, 4.69) is 47.4 Å². The van der Waals surface area contributed by atoms with E-state index in [4.69, 9.17) is 0 Å². The van der Waals surface area contributed by atoms with Gasteiger partial charge in [0.2, 0.25) is 0 Å². The normalized spacial score (nSPS) is 27.0. The first kappa shape index (κ1) is 20.6. The summed E-state index contributed by atoms with van der Waals surface area (Å²) >= 11 is 0. The highest BCUT2D eigenvalue weighted by Crippen LogP contribution is 2.23. The molecule has 0 spiro atoms. The van der Waals surface area contributed by atoms with Crippen LogP contribution in [-0.2, 0) is 0 Å². The van der Waals surface area contributed by atoms with E-state index < -0.39 is 0 Å². The third kappa shape index (κ3) is 5.43. The van der Waals surface area contributed by atoms with E-state index in [0.29, 0.717) is 6.04 Å². The quantitative estimate of drug-likeness (QED) is 0.688. The molecule has 0 N–H and O–H groups in total. The maximum atomic E-state index is 2.77. The van der Waals surface area contributed by atoms with Crippen LogP contribution in [0.5, 0.6) is 0 Å². The molecule has 0 saturated carbocycles. The standard InChI is InChI=1S/C22H44N4/c1-19(2)24-15-8-21(9-16-24)23(4)14-7-20(3)25-17-10-22(11-18-25)26-12-5-6-13-26/h19-22H,5-18H2,1-4H3. The molecule has 3 rings (SSSR count). The molecule has 3 saturated heterocycles. The van der Waals surface area contributed by atoms with Crippen LogP contribution in [0.15, 0.2) is 0 Å². The average Bonchev–Trinajstić information content (AvgIpc) is 3.21. The Morgan fingerprint density at radius 1 is 0.808 bits per heavy atom. The van der Waals surface area contributed by atoms with E-state index in [1.807, 2.05) is 0 Å². The first-order chi connectivity index (χ1) is 12.5. The van der Waals surface area contributed by atoms with Crippen LogP contribution in [0.3, 0.4) is 0 Å². The third-order valence-electron chi connectivity index (χ3n) is 7.53. The summed E-state index contributed by atoms with van der Waals surface area (Å²) in [5, 5.41) is 0. The minimum Gasteiger partial charge on any atom is -0.303 e. The van der Waals surface area contributed by atoms with Gasteiger partial charge in [-0.1, -0.05) is 0 Å². The average molecular weight is 365 g/mol. The monoisotopic (exact) mass is 364 g/mol. The predicted octanol–water partition coefficient (Wildman–Crippen LogP) is 3.13. The Labute approximate surface area is 162 Å². The lowest BCUT2D eigenvalue weighted by molar-refractivity contribution is 0.0804. The zero-order valence-corrected chi connectivity index (χ0v) is 18.0. The maximum Gasteiger partial charge on any atom is 0.0120 e. The molecular weight excluding hydrogens is 320 g/mol. The molecule has 0 aromatic carbocycles. The van der Waals surface area contributed by atoms with Crippen molar-refractivity contribution in [3.05, 3.63) is 0 Å². The molecule has 3 aliphatic rings. The van der Waals surface area contributed by atoms with Crippen LogP contribution < -0.4 is 0 Å². The topological polar surface area (TPSA) is 13.0 Å². The van der Waals surface area contributed by atoms with Crippen LogP contribution in [0.4, 0.5) is 0 Å². The smallest absolute Gasteiger partial charge is 0.0120 e. The van der Waals surface area contributed by atoms with Crippen LogP contribution in [0.1, 0.15) is 65.7 Å². The molecular formula is C22H44N4. The summed E-state index contributed by atoms with van der Waals surface area (Å²) in [5.74, 6) is 0. The van der Waals surface area contributed by atoms with Crippen molar-refractivity contribution in [1.82, 2.24) is 19.6 Å². The van der Waals surface area contributed by atoms with Crippen molar-refractivity contribution in [2.75, 3.05) is 52.9 Å². The van der Waals surface area contributed by atoms with Gasteiger partial charge in [-0.05, 0) is 119 Å². The van der Waals surface area contributed by atoms with Gasteiger partial charge in [0.25, 0.3) is 0 Å². The first-order valence-electron chi connectivity index (χ1n) is 11.5. The van der Waals surface area contributed by atoms with Gasteiger partial charge in [0.15, 0.2) is 0 Å². The van der Waals surface area contributed by atoms with Crippen molar-refractivity contribution in [3.63, 3.8) is 0 Å². The molecule has 4 heteroatoms. The zero-order valence-electron chi connectivity index (χ0n) is 18.0. The molecule has 26 heavy (non-hydrogen) atoms. The van der Waals surface area contributed by atoms with Gasteiger partial charge < -0.3 is 19.6 Å². The lowest BCUT2D eigenvalue weighted by atomic mass is 10.00. The summed E-state index contributed by atoms with van der Waals surface area (Å²) in [4.78, 5) is 10.8. The molecule has 0 aromatic heterocycles. The van der Waals surface area contributed by atoms with Gasteiger partial charge in [-0.25, -0.2) is 0 Å². The van der Waals surface area contributed by atoms with Crippen molar-refractivity contribution in [2.24, 2.45) is 0 Å². The highest BCUT2D eigenvalue weighted by atomic mass is 15.2. The molecule has 1 unspecified atom stereocenters. The number of hydrogen-bond donors (Lipinski definition) is 0. The summed E-state index contributed by atoms with van der Waals surface area (Å²) in [6.45, 7) is 16.3. The zero-order chi connectivity index (χ0) is 18.5. The molecule has 152 valence electrons. The highest BCUT2D eigenvalue weighted by Gasteiger charge is 2.29. The summed E-state index contributed by atoms with van der Waals surface area (Å²) in [6.07, 6.45) is 9.68. The molecule has 1 atom stereocenters. The third-order valence-corrected chi connectivity index (χ3v) is 7.53. The Balaban J connectivity index is 1.33. The molecule has 3 heterocycles. The van der Waals surface area contributed by atoms with E-state index in [0.717, 1.165) is 18.1 Å². The van der Waals surface area contributed by atoms with E-state index in [9.17, 15) is 0 Å². The van der Waals surface area contributed by atoms with Gasteiger partial charge in [0.1, 0.15) is 0 Å². The molecule has 0 radical (unpaired) electrons. The molecule has 3 fully saturated rings. The second-order valence-electron chi connectivity index (χ2n) is 9.49. The molecule has 0 amide bonds. The Morgan fingerprint density at radius 2 is 1.38 bits per heavy atom. The van der Waals surface area contributed by atoms with Gasteiger partial charge in [-0.2, -0.15) is 0 Å². The van der Waals surface area contributed by atoms with Crippen LogP contribution in [0, 0.1) is 0 Å². The lowest BCUT2D eigenvalue weighted by Gasteiger charge is -2.41. The van der Waals surface area contributed by atoms with Gasteiger partial charge >= 0.3 is 0 Å². The van der Waals surface area contributed by atoms with Crippen molar-refractivity contribution >= 4 is 0 Å². The summed E-state index contributed by atoms with van der Waals surface area (Å²) in [5.41, 5.74) is 0. The predicted molar refractivity (Wildman–Crippen MR) is 112 cm³/mol. The molecule has 0 bridgehead atoms. The number of rotatable bonds is 7. The van der Waals surface area contributed by atoms with Gasteiger partial charge in [0.05, 0.1) is 0 Å². The Hall–Kier alpha value is -0.160. The summed E-state index contributed by atoms with van der Waals surface area (Å²) < 4.78 is 0. The van der Waals surface area contributed by atoms with Gasteiger partial charge in [-0.3, -0.25) is 0 Å². The van der Waals surface area contributed by atoms with Crippen LogP contribution >= 0.6 is 0 Å². The van der Waals surface area contributed by atoms with Crippen molar-refractivity contribution < 1.29 is 0 Å². The van der Waals surface area contributed by atoms with Crippen LogP contribution in [0.25, 0.3) is 0 Å². The second-order valence-corrected chi connectivity index (χ2v) is 9.49. The number of piperidine rings is 2. The SMILES string of the molecule is CC(C)N1CCC(N(C)CCC(C)N2CCC(N3CCCC3)CC2)CC1. The van der Waals surface area contributed by atoms with Gasteiger partial charge in [0, 0.05) is 24.2 Å². The first-order valence-corrected chi connectivity index (χ1v) is 11.5. The minimum atomic E-state index is 0.713. The second kappa shape index (κ2) is 9.86. The molecule has 0 aromatic rings. The van der Waals surface area contributed by atoms with E-state index in [1.54, 1.807) is 0 Å². The summed E-state index contributed by atoms with van der Waals surface area (Å²) in [7, 11) is 2.36. The number of nitrogens with zero attached hydrogens (tertiary/aromatic N) is 4. The molecule has 4 nitrogen and oxygen atoms in total. The van der Waals surface area contributed by atoms with Gasteiger partial charge in [-0.15, -0.1) is 0 Å². The number of hydrogen-bond acceptors (Lipinski definition) is 4. The largest absolute Gasteiger partial charge is 0.303 e. The van der Waals surface area contributed by atoms with E-state index in [-0.39, 0.29) is 0 Å². The fraction of sp³-hybridized carbons (Fsp3) is 1.00. The maximum absolute atomic E-state index is 2.77. The fourth-order valence-electron chi connectivity index (χ4n) is 5.40. The molecule has 0 aliphatic carbocycles. The van der Waals surface area contributed by atoms with Crippen molar-refractivity contribution in [2.45, 2.75) is 89.9 Å².